The highest BCUT2D eigenvalue weighted by Gasteiger charge is 2.44. The normalized spacial score (nSPS) is 33.1. The highest BCUT2D eigenvalue weighted by Crippen LogP contribution is 2.40. The molecule has 1 saturated heterocycles. The number of amides is 1. The molecular formula is C20H30ClN3O3S. The molecule has 4 rings (SSSR count). The van der Waals surface area contributed by atoms with Crippen molar-refractivity contribution in [3.63, 3.8) is 0 Å². The third-order valence-electron chi connectivity index (χ3n) is 6.54. The molecule has 8 heteroatoms. The molecule has 156 valence electrons. The third kappa shape index (κ3) is 4.08. The van der Waals surface area contributed by atoms with E-state index in [9.17, 15) is 13.2 Å². The molecule has 1 amide bonds. The van der Waals surface area contributed by atoms with Gasteiger partial charge in [0, 0.05) is 18.6 Å². The van der Waals surface area contributed by atoms with Crippen LogP contribution in [0.5, 0.6) is 0 Å². The van der Waals surface area contributed by atoms with E-state index in [0.717, 1.165) is 25.7 Å². The Morgan fingerprint density at radius 2 is 1.68 bits per heavy atom. The lowest BCUT2D eigenvalue weighted by atomic mass is 9.67. The zero-order chi connectivity index (χ0) is 19.0. The van der Waals surface area contributed by atoms with Gasteiger partial charge in [-0.05, 0) is 62.5 Å². The average molecular weight is 428 g/mol. The fourth-order valence-electron chi connectivity index (χ4n) is 5.30. The van der Waals surface area contributed by atoms with Crippen LogP contribution in [0.3, 0.4) is 0 Å². The quantitative estimate of drug-likeness (QED) is 0.770. The Kier molecular flexibility index (Phi) is 6.69. The molecule has 3 N–H and O–H groups in total. The first-order valence-corrected chi connectivity index (χ1v) is 11.5. The van der Waals surface area contributed by atoms with E-state index in [0.29, 0.717) is 31.2 Å². The standard InChI is InChI=1S/C20H29N3O3S.ClH/c21-16-12-14-6-4-7-15(13-16)19(14)22-20(24)18-10-5-11-23(18)27(25,26)17-8-2-1-3-9-17;/h1-3,8-9,14-16,18-19H,4-7,10-13,21H2,(H,22,24);1H. The number of nitrogens with two attached hydrogens (primary N) is 1. The van der Waals surface area contributed by atoms with E-state index >= 15 is 0 Å². The Hall–Kier alpha value is -1.15. The topological polar surface area (TPSA) is 92.5 Å². The first kappa shape index (κ1) is 21.6. The number of rotatable bonds is 4. The number of nitrogens with one attached hydrogen (secondary N) is 1. The van der Waals surface area contributed by atoms with Crippen molar-refractivity contribution in [3.05, 3.63) is 30.3 Å². The van der Waals surface area contributed by atoms with Crippen molar-refractivity contribution in [2.45, 2.75) is 68.0 Å². The van der Waals surface area contributed by atoms with E-state index < -0.39 is 16.1 Å². The van der Waals surface area contributed by atoms with Gasteiger partial charge >= 0.3 is 0 Å². The third-order valence-corrected chi connectivity index (χ3v) is 8.46. The molecule has 2 saturated carbocycles. The van der Waals surface area contributed by atoms with E-state index in [4.69, 9.17) is 5.73 Å². The van der Waals surface area contributed by atoms with Gasteiger partial charge in [-0.25, -0.2) is 8.42 Å². The van der Waals surface area contributed by atoms with Crippen LogP contribution in [0.2, 0.25) is 0 Å². The summed E-state index contributed by atoms with van der Waals surface area (Å²) in [7, 11) is -3.65. The molecule has 1 aliphatic heterocycles. The highest BCUT2D eigenvalue weighted by atomic mass is 35.5. The number of sulfonamides is 1. The van der Waals surface area contributed by atoms with E-state index in [-0.39, 0.29) is 35.3 Å². The van der Waals surface area contributed by atoms with Crippen LogP contribution in [0.15, 0.2) is 35.2 Å². The van der Waals surface area contributed by atoms with Crippen molar-refractivity contribution in [3.8, 4) is 0 Å². The highest BCUT2D eigenvalue weighted by molar-refractivity contribution is 7.89. The molecule has 0 radical (unpaired) electrons. The largest absolute Gasteiger partial charge is 0.351 e. The summed E-state index contributed by atoms with van der Waals surface area (Å²) in [6.45, 7) is 0.401. The fourth-order valence-corrected chi connectivity index (χ4v) is 6.98. The van der Waals surface area contributed by atoms with E-state index in [1.54, 1.807) is 30.3 Å². The summed E-state index contributed by atoms with van der Waals surface area (Å²) in [5.41, 5.74) is 6.18. The molecule has 1 aromatic rings. The van der Waals surface area contributed by atoms with Crippen molar-refractivity contribution in [2.75, 3.05) is 6.54 Å². The smallest absolute Gasteiger partial charge is 0.243 e. The molecule has 3 atom stereocenters. The molecule has 2 aliphatic carbocycles. The Labute approximate surface area is 173 Å². The second-order valence-electron chi connectivity index (χ2n) is 8.30. The molecule has 3 aliphatic rings. The van der Waals surface area contributed by atoms with Crippen LogP contribution in [-0.4, -0.2) is 43.3 Å². The van der Waals surface area contributed by atoms with Crippen LogP contribution in [0.4, 0.5) is 0 Å². The Bertz CT molecular complexity index is 775. The van der Waals surface area contributed by atoms with Crippen molar-refractivity contribution in [1.29, 1.82) is 0 Å². The molecule has 28 heavy (non-hydrogen) atoms. The summed E-state index contributed by atoms with van der Waals surface area (Å²) < 4.78 is 27.4. The lowest BCUT2D eigenvalue weighted by Gasteiger charge is -2.45. The maximum Gasteiger partial charge on any atom is 0.243 e. The summed E-state index contributed by atoms with van der Waals surface area (Å²) in [6.07, 6.45) is 6.62. The predicted octanol–water partition coefficient (Wildman–Crippen LogP) is 2.28. The first-order valence-electron chi connectivity index (χ1n) is 10.1. The van der Waals surface area contributed by atoms with Gasteiger partial charge in [0.15, 0.2) is 0 Å². The molecule has 0 spiro atoms. The number of carbonyl (C=O) groups is 1. The molecule has 3 fully saturated rings. The van der Waals surface area contributed by atoms with Crippen molar-refractivity contribution < 1.29 is 13.2 Å². The van der Waals surface area contributed by atoms with Crippen molar-refractivity contribution >= 4 is 28.3 Å². The summed E-state index contributed by atoms with van der Waals surface area (Å²) in [6, 6.07) is 8.18. The van der Waals surface area contributed by atoms with Gasteiger partial charge in [0.25, 0.3) is 0 Å². The van der Waals surface area contributed by atoms with Crippen LogP contribution in [0, 0.1) is 11.8 Å². The number of hydrogen-bond acceptors (Lipinski definition) is 4. The molecule has 3 unspecified atom stereocenters. The van der Waals surface area contributed by atoms with Gasteiger partial charge in [0.05, 0.1) is 4.90 Å². The second-order valence-corrected chi connectivity index (χ2v) is 10.2. The maximum absolute atomic E-state index is 13.1. The van der Waals surface area contributed by atoms with E-state index in [1.165, 1.54) is 10.7 Å². The number of nitrogens with zero attached hydrogens (tertiary/aromatic N) is 1. The SMILES string of the molecule is Cl.NC1CC2CCCC(C1)C2NC(=O)C1CCCN1S(=O)(=O)c1ccccc1. The van der Waals surface area contributed by atoms with Crippen LogP contribution >= 0.6 is 12.4 Å². The fraction of sp³-hybridized carbons (Fsp3) is 0.650. The number of hydrogen-bond donors (Lipinski definition) is 2. The lowest BCUT2D eigenvalue weighted by Crippen LogP contribution is -2.57. The molecule has 1 aromatic carbocycles. The molecule has 2 bridgehead atoms. The summed E-state index contributed by atoms with van der Waals surface area (Å²) in [4.78, 5) is 13.3. The van der Waals surface area contributed by atoms with Gasteiger partial charge < -0.3 is 11.1 Å². The summed E-state index contributed by atoms with van der Waals surface area (Å²) >= 11 is 0. The lowest BCUT2D eigenvalue weighted by molar-refractivity contribution is -0.126. The summed E-state index contributed by atoms with van der Waals surface area (Å²) in [5, 5.41) is 3.24. The van der Waals surface area contributed by atoms with Crippen molar-refractivity contribution in [2.24, 2.45) is 17.6 Å². The molecular weight excluding hydrogens is 398 g/mol. The van der Waals surface area contributed by atoms with Gasteiger partial charge in [0.2, 0.25) is 15.9 Å². The molecule has 0 aromatic heterocycles. The van der Waals surface area contributed by atoms with Crippen molar-refractivity contribution in [1.82, 2.24) is 9.62 Å². The maximum atomic E-state index is 13.1. The number of benzene rings is 1. The Morgan fingerprint density at radius 1 is 1.04 bits per heavy atom. The zero-order valence-electron chi connectivity index (χ0n) is 16.0. The number of halogens is 1. The number of fused-ring (bicyclic) bond motifs is 2. The van der Waals surface area contributed by atoms with Gasteiger partial charge in [-0.15, -0.1) is 12.4 Å². The molecule has 6 nitrogen and oxygen atoms in total. The average Bonchev–Trinajstić information content (AvgIpc) is 3.14. The second kappa shape index (κ2) is 8.69. The molecule has 1 heterocycles. The Morgan fingerprint density at radius 3 is 2.32 bits per heavy atom. The number of carbonyl (C=O) groups excluding carboxylic acids is 1. The van der Waals surface area contributed by atoms with Crippen LogP contribution in [-0.2, 0) is 14.8 Å². The van der Waals surface area contributed by atoms with E-state index in [1.807, 2.05) is 0 Å². The van der Waals surface area contributed by atoms with Crippen LogP contribution in [0.25, 0.3) is 0 Å². The minimum atomic E-state index is -3.65. The first-order chi connectivity index (χ1) is 13.0. The van der Waals surface area contributed by atoms with Gasteiger partial charge in [-0.2, -0.15) is 4.31 Å². The van der Waals surface area contributed by atoms with Crippen LogP contribution < -0.4 is 11.1 Å². The van der Waals surface area contributed by atoms with Crippen LogP contribution in [0.1, 0.15) is 44.9 Å². The minimum Gasteiger partial charge on any atom is -0.351 e. The summed E-state index contributed by atoms with van der Waals surface area (Å²) in [5.74, 6) is 0.721. The van der Waals surface area contributed by atoms with Gasteiger partial charge in [0.1, 0.15) is 6.04 Å². The minimum absolute atomic E-state index is 0. The zero-order valence-corrected chi connectivity index (χ0v) is 17.6. The predicted molar refractivity (Wildman–Crippen MR) is 111 cm³/mol. The Balaban J connectivity index is 0.00000225. The van der Waals surface area contributed by atoms with E-state index in [2.05, 4.69) is 5.32 Å². The van der Waals surface area contributed by atoms with Gasteiger partial charge in [-0.1, -0.05) is 24.6 Å². The monoisotopic (exact) mass is 427 g/mol. The van der Waals surface area contributed by atoms with Gasteiger partial charge in [-0.3, -0.25) is 4.79 Å².